The van der Waals surface area contributed by atoms with Gasteiger partial charge in [0.05, 0.1) is 16.8 Å². The van der Waals surface area contributed by atoms with Crippen LogP contribution in [0.15, 0.2) is 72.9 Å². The Morgan fingerprint density at radius 1 is 0.938 bits per heavy atom. The molecule has 2 amide bonds. The molecule has 0 fully saturated rings. The predicted molar refractivity (Wildman–Crippen MR) is 121 cm³/mol. The number of carbonyl (C=O) groups is 2. The number of aryl methyl sites for hydroxylation is 2. The lowest BCUT2D eigenvalue weighted by Crippen LogP contribution is -2.16. The molecule has 0 saturated heterocycles. The Labute approximate surface area is 184 Å². The fraction of sp³-hybridized carbons (Fsp3) is 0.0800. The van der Waals surface area contributed by atoms with Crippen LogP contribution < -0.4 is 11.1 Å². The number of hydrogen-bond donors (Lipinski definition) is 2. The lowest BCUT2D eigenvalue weighted by molar-refractivity contribution is 0.0992. The van der Waals surface area contributed by atoms with Crippen LogP contribution >= 0.6 is 0 Å². The maximum Gasteiger partial charge on any atom is 0.259 e. The molecule has 4 aromatic rings. The molecule has 0 atom stereocenters. The van der Waals surface area contributed by atoms with Crippen molar-refractivity contribution in [3.8, 4) is 16.9 Å². The average molecular weight is 428 g/mol. The SMILES string of the molecule is Cc1ccc(-c2nn(-c3ccccc3)cc2C(=O)Nc2ccc(F)c(C(N)=O)c2)cc1C. The highest BCUT2D eigenvalue weighted by molar-refractivity contribution is 6.08. The molecule has 0 saturated carbocycles. The Kier molecular flexibility index (Phi) is 5.55. The lowest BCUT2D eigenvalue weighted by atomic mass is 10.0. The van der Waals surface area contributed by atoms with Crippen molar-refractivity contribution >= 4 is 17.5 Å². The molecule has 6 nitrogen and oxygen atoms in total. The van der Waals surface area contributed by atoms with Crippen molar-refractivity contribution < 1.29 is 14.0 Å². The number of carbonyl (C=O) groups excluding carboxylic acids is 2. The van der Waals surface area contributed by atoms with Crippen molar-refractivity contribution in [1.82, 2.24) is 9.78 Å². The topological polar surface area (TPSA) is 90.0 Å². The van der Waals surface area contributed by atoms with E-state index >= 15 is 0 Å². The van der Waals surface area contributed by atoms with Crippen LogP contribution in [-0.2, 0) is 0 Å². The van der Waals surface area contributed by atoms with E-state index in [2.05, 4.69) is 10.4 Å². The van der Waals surface area contributed by atoms with E-state index in [0.717, 1.165) is 28.4 Å². The van der Waals surface area contributed by atoms with Gasteiger partial charge >= 0.3 is 0 Å². The first-order chi connectivity index (χ1) is 15.3. The molecule has 32 heavy (non-hydrogen) atoms. The van der Waals surface area contributed by atoms with Gasteiger partial charge in [0.25, 0.3) is 11.8 Å². The largest absolute Gasteiger partial charge is 0.366 e. The zero-order valence-electron chi connectivity index (χ0n) is 17.6. The summed E-state index contributed by atoms with van der Waals surface area (Å²) in [7, 11) is 0. The van der Waals surface area contributed by atoms with Gasteiger partial charge in [0.1, 0.15) is 11.5 Å². The van der Waals surface area contributed by atoms with Crippen molar-refractivity contribution in [2.75, 3.05) is 5.32 Å². The first-order valence-electron chi connectivity index (χ1n) is 9.97. The molecule has 0 aliphatic carbocycles. The zero-order chi connectivity index (χ0) is 22.8. The number of hydrogen-bond acceptors (Lipinski definition) is 3. The number of nitrogens with one attached hydrogen (secondary N) is 1. The Hall–Kier alpha value is -4.26. The summed E-state index contributed by atoms with van der Waals surface area (Å²) >= 11 is 0. The summed E-state index contributed by atoms with van der Waals surface area (Å²) in [4.78, 5) is 24.6. The molecule has 0 radical (unpaired) electrons. The first kappa shape index (κ1) is 21.0. The van der Waals surface area contributed by atoms with Crippen LogP contribution in [0.2, 0.25) is 0 Å². The summed E-state index contributed by atoms with van der Waals surface area (Å²) in [5.41, 5.74) is 9.82. The third-order valence-electron chi connectivity index (χ3n) is 5.25. The van der Waals surface area contributed by atoms with Crippen molar-refractivity contribution in [3.05, 3.63) is 101 Å². The molecule has 1 aromatic heterocycles. The molecule has 1 heterocycles. The molecule has 0 aliphatic heterocycles. The van der Waals surface area contributed by atoms with Crippen LogP contribution in [0.1, 0.15) is 31.8 Å². The van der Waals surface area contributed by atoms with Crippen LogP contribution in [0, 0.1) is 19.7 Å². The van der Waals surface area contributed by atoms with E-state index in [1.807, 2.05) is 62.4 Å². The fourth-order valence-corrected chi connectivity index (χ4v) is 3.35. The van der Waals surface area contributed by atoms with Crippen molar-refractivity contribution in [2.45, 2.75) is 13.8 Å². The molecule has 0 bridgehead atoms. The first-order valence-corrected chi connectivity index (χ1v) is 9.97. The summed E-state index contributed by atoms with van der Waals surface area (Å²) in [5, 5.41) is 7.38. The van der Waals surface area contributed by atoms with Gasteiger partial charge in [-0.15, -0.1) is 0 Å². The highest BCUT2D eigenvalue weighted by atomic mass is 19.1. The summed E-state index contributed by atoms with van der Waals surface area (Å²) in [5.74, 6) is -2.10. The molecular formula is C25H21FN4O2. The molecular weight excluding hydrogens is 407 g/mol. The standard InChI is InChI=1S/C25H21FN4O2/c1-15-8-9-17(12-16(15)2)23-21(14-30(29-23)19-6-4-3-5-7-19)25(32)28-18-10-11-22(26)20(13-18)24(27)31/h3-14H,1-2H3,(H2,27,31)(H,28,32). The Bertz CT molecular complexity index is 1330. The Morgan fingerprint density at radius 3 is 2.38 bits per heavy atom. The van der Waals surface area contributed by atoms with Gasteiger partial charge in [0, 0.05) is 17.4 Å². The minimum absolute atomic E-state index is 0.253. The number of rotatable bonds is 5. The van der Waals surface area contributed by atoms with Gasteiger partial charge in [-0.2, -0.15) is 5.10 Å². The molecule has 160 valence electrons. The molecule has 3 N–H and O–H groups in total. The van der Waals surface area contributed by atoms with Gasteiger partial charge in [0.2, 0.25) is 0 Å². The minimum Gasteiger partial charge on any atom is -0.366 e. The number of nitrogens with two attached hydrogens (primary N) is 1. The van der Waals surface area contributed by atoms with Crippen molar-refractivity contribution in [2.24, 2.45) is 5.73 Å². The van der Waals surface area contributed by atoms with Crippen molar-refractivity contribution in [1.29, 1.82) is 0 Å². The fourth-order valence-electron chi connectivity index (χ4n) is 3.35. The summed E-state index contributed by atoms with van der Waals surface area (Å²) in [6.07, 6.45) is 1.65. The molecule has 4 rings (SSSR count). The Morgan fingerprint density at radius 2 is 1.69 bits per heavy atom. The minimum atomic E-state index is -0.911. The smallest absolute Gasteiger partial charge is 0.259 e. The second-order valence-corrected chi connectivity index (χ2v) is 7.48. The molecule has 3 aromatic carbocycles. The number of halogens is 1. The van der Waals surface area contributed by atoms with E-state index in [1.54, 1.807) is 10.9 Å². The third kappa shape index (κ3) is 4.13. The number of aromatic nitrogens is 2. The maximum absolute atomic E-state index is 13.8. The lowest BCUT2D eigenvalue weighted by Gasteiger charge is -2.08. The second-order valence-electron chi connectivity index (χ2n) is 7.48. The van der Waals surface area contributed by atoms with Gasteiger partial charge in [-0.3, -0.25) is 9.59 Å². The monoisotopic (exact) mass is 428 g/mol. The van der Waals surface area contributed by atoms with Gasteiger partial charge in [-0.05, 0) is 61.4 Å². The Balaban J connectivity index is 1.77. The van der Waals surface area contributed by atoms with Gasteiger partial charge in [0.15, 0.2) is 0 Å². The normalized spacial score (nSPS) is 10.7. The van der Waals surface area contributed by atoms with E-state index in [9.17, 15) is 14.0 Å². The quantitative estimate of drug-likeness (QED) is 0.485. The summed E-state index contributed by atoms with van der Waals surface area (Å²) < 4.78 is 15.4. The highest BCUT2D eigenvalue weighted by Crippen LogP contribution is 2.27. The second kappa shape index (κ2) is 8.47. The van der Waals surface area contributed by atoms with Gasteiger partial charge in [-0.25, -0.2) is 9.07 Å². The van der Waals surface area contributed by atoms with E-state index in [1.165, 1.54) is 12.1 Å². The number of primary amides is 1. The molecule has 0 aliphatic rings. The average Bonchev–Trinajstić information content (AvgIpc) is 3.23. The van der Waals surface area contributed by atoms with E-state index in [0.29, 0.717) is 11.3 Å². The van der Waals surface area contributed by atoms with Gasteiger partial charge in [-0.1, -0.05) is 30.3 Å². The molecule has 0 spiro atoms. The highest BCUT2D eigenvalue weighted by Gasteiger charge is 2.20. The van der Waals surface area contributed by atoms with E-state index in [4.69, 9.17) is 5.73 Å². The number of amides is 2. The number of anilines is 1. The van der Waals surface area contributed by atoms with E-state index in [-0.39, 0.29) is 11.3 Å². The maximum atomic E-state index is 13.8. The zero-order valence-corrected chi connectivity index (χ0v) is 17.6. The predicted octanol–water partition coefficient (Wildman–Crippen LogP) is 4.65. The summed E-state index contributed by atoms with van der Waals surface area (Å²) in [6.45, 7) is 4.01. The molecule has 7 heteroatoms. The number of para-hydroxylation sites is 1. The molecule has 0 unspecified atom stereocenters. The van der Waals surface area contributed by atoms with Crippen LogP contribution in [-0.4, -0.2) is 21.6 Å². The number of nitrogens with zero attached hydrogens (tertiary/aromatic N) is 2. The number of benzene rings is 3. The van der Waals surface area contributed by atoms with Gasteiger partial charge < -0.3 is 11.1 Å². The third-order valence-corrected chi connectivity index (χ3v) is 5.25. The van der Waals surface area contributed by atoms with Crippen LogP contribution in [0.5, 0.6) is 0 Å². The van der Waals surface area contributed by atoms with Crippen LogP contribution in [0.25, 0.3) is 16.9 Å². The van der Waals surface area contributed by atoms with Crippen LogP contribution in [0.3, 0.4) is 0 Å². The van der Waals surface area contributed by atoms with Crippen molar-refractivity contribution in [3.63, 3.8) is 0 Å². The summed E-state index contributed by atoms with van der Waals surface area (Å²) in [6, 6.07) is 19.0. The van der Waals surface area contributed by atoms with Crippen LogP contribution in [0.4, 0.5) is 10.1 Å². The van der Waals surface area contributed by atoms with E-state index < -0.39 is 17.6 Å².